The molecule has 17 heteroatoms. The highest BCUT2D eigenvalue weighted by Gasteiger charge is 2.47. The van der Waals surface area contributed by atoms with Crippen LogP contribution in [-0.4, -0.2) is 53.0 Å². The van der Waals surface area contributed by atoms with Crippen molar-refractivity contribution in [2.75, 3.05) is 23.4 Å². The minimum atomic E-state index is -5.61. The maximum Gasteiger partial charge on any atom is 0.433 e. The van der Waals surface area contributed by atoms with E-state index in [1.165, 1.54) is 0 Å². The predicted molar refractivity (Wildman–Crippen MR) is 104 cm³/mol. The van der Waals surface area contributed by atoms with Crippen molar-refractivity contribution in [3.8, 4) is 5.75 Å². The van der Waals surface area contributed by atoms with Crippen LogP contribution in [0.5, 0.6) is 5.75 Å². The summed E-state index contributed by atoms with van der Waals surface area (Å²) in [6.07, 6.45) is -17.1. The summed E-state index contributed by atoms with van der Waals surface area (Å²) >= 11 is 5.52. The Bertz CT molecular complexity index is 1220. The quantitative estimate of drug-likeness (QED) is 0.447. The Balaban J connectivity index is 2.18. The molecule has 196 valence electrons. The fourth-order valence-electron chi connectivity index (χ4n) is 3.07. The van der Waals surface area contributed by atoms with Crippen molar-refractivity contribution in [3.05, 3.63) is 46.1 Å². The number of benzene rings is 1. The average Bonchev–Trinajstić information content (AvgIpc) is 3.01. The predicted octanol–water partition coefficient (Wildman–Crippen LogP) is 3.75. The molecule has 2 N–H and O–H groups in total. The van der Waals surface area contributed by atoms with Gasteiger partial charge in [-0.25, -0.2) is 18.6 Å². The molecule has 1 aromatic heterocycles. The highest BCUT2D eigenvalue weighted by atomic mass is 35.5. The summed E-state index contributed by atoms with van der Waals surface area (Å²) < 4.78 is 113. The first kappa shape index (κ1) is 27.3. The van der Waals surface area contributed by atoms with Crippen molar-refractivity contribution in [3.63, 3.8) is 0 Å². The molecule has 0 aliphatic carbocycles. The SMILES string of the molecule is CN(C(=O)Oc1c(C(F)(F)F)cc(C(F)(F)F)nc1N1CC(O)C(O)C1=O)c1cc(Cl)c(F)cc1F. The Hall–Kier alpha value is -3.24. The molecule has 1 fully saturated rings. The van der Waals surface area contributed by atoms with Crippen LogP contribution in [0.25, 0.3) is 0 Å². The van der Waals surface area contributed by atoms with Crippen LogP contribution in [0.1, 0.15) is 11.3 Å². The molecule has 0 radical (unpaired) electrons. The van der Waals surface area contributed by atoms with E-state index in [2.05, 4.69) is 9.72 Å². The van der Waals surface area contributed by atoms with Gasteiger partial charge in [0, 0.05) is 13.1 Å². The molecule has 8 nitrogen and oxygen atoms in total. The first-order chi connectivity index (χ1) is 16.4. The van der Waals surface area contributed by atoms with Crippen LogP contribution in [0.15, 0.2) is 18.2 Å². The van der Waals surface area contributed by atoms with Gasteiger partial charge in [0.15, 0.2) is 17.7 Å². The van der Waals surface area contributed by atoms with Gasteiger partial charge in [-0.1, -0.05) is 11.6 Å². The third-order valence-electron chi connectivity index (χ3n) is 4.87. The molecule has 1 aliphatic heterocycles. The lowest BCUT2D eigenvalue weighted by Crippen LogP contribution is -2.34. The number of hydrogen-bond donors (Lipinski definition) is 2. The van der Waals surface area contributed by atoms with Crippen LogP contribution in [0, 0.1) is 11.6 Å². The van der Waals surface area contributed by atoms with E-state index in [4.69, 9.17) is 11.6 Å². The number of anilines is 2. The van der Waals surface area contributed by atoms with E-state index < -0.39 is 94.3 Å². The Kier molecular flexibility index (Phi) is 7.09. The number of aliphatic hydroxyl groups is 2. The molecule has 0 bridgehead atoms. The van der Waals surface area contributed by atoms with Crippen LogP contribution in [0.2, 0.25) is 5.02 Å². The Morgan fingerprint density at radius 1 is 1.11 bits per heavy atom. The van der Waals surface area contributed by atoms with Crippen LogP contribution < -0.4 is 14.5 Å². The lowest BCUT2D eigenvalue weighted by atomic mass is 10.1. The first-order valence-electron chi connectivity index (χ1n) is 9.40. The number of β-amino-alcohol motifs (C(OH)–C–C–N with tert-alkyl or cyclic N) is 1. The molecule has 1 aliphatic rings. The van der Waals surface area contributed by atoms with Gasteiger partial charge in [0.1, 0.15) is 29.0 Å². The maximum atomic E-state index is 14.1. The van der Waals surface area contributed by atoms with Crippen LogP contribution in [0.4, 0.5) is 51.4 Å². The summed E-state index contributed by atoms with van der Waals surface area (Å²) in [4.78, 5) is 28.0. The van der Waals surface area contributed by atoms with Crippen molar-refractivity contribution in [1.82, 2.24) is 4.98 Å². The van der Waals surface area contributed by atoms with Gasteiger partial charge in [-0.3, -0.25) is 14.6 Å². The molecule has 2 unspecified atom stereocenters. The minimum Gasteiger partial charge on any atom is -0.405 e. The van der Waals surface area contributed by atoms with E-state index in [1.54, 1.807) is 0 Å². The smallest absolute Gasteiger partial charge is 0.405 e. The molecule has 36 heavy (non-hydrogen) atoms. The van der Waals surface area contributed by atoms with E-state index in [0.29, 0.717) is 6.07 Å². The molecule has 2 atom stereocenters. The summed E-state index contributed by atoms with van der Waals surface area (Å²) in [7, 11) is 0.758. The zero-order valence-electron chi connectivity index (χ0n) is 17.5. The zero-order valence-corrected chi connectivity index (χ0v) is 18.2. The van der Waals surface area contributed by atoms with Crippen molar-refractivity contribution >= 4 is 35.1 Å². The second-order valence-electron chi connectivity index (χ2n) is 7.31. The van der Waals surface area contributed by atoms with E-state index in [-0.39, 0.29) is 15.9 Å². The monoisotopic (exact) mass is 549 g/mol. The Morgan fingerprint density at radius 2 is 1.72 bits per heavy atom. The highest BCUT2D eigenvalue weighted by molar-refractivity contribution is 6.31. The van der Waals surface area contributed by atoms with Crippen molar-refractivity contribution in [2.45, 2.75) is 24.6 Å². The molecule has 0 saturated carbocycles. The van der Waals surface area contributed by atoms with Gasteiger partial charge in [0.25, 0.3) is 5.91 Å². The molecule has 1 aromatic carbocycles. The van der Waals surface area contributed by atoms with E-state index in [9.17, 15) is 54.9 Å². The number of aliphatic hydroxyl groups excluding tert-OH is 2. The zero-order chi connectivity index (χ0) is 27.3. The molecule has 2 aromatic rings. The number of hydrogen-bond acceptors (Lipinski definition) is 6. The number of rotatable bonds is 3. The number of nitrogens with zero attached hydrogens (tertiary/aromatic N) is 3. The summed E-state index contributed by atoms with van der Waals surface area (Å²) in [6.45, 7) is -1.01. The lowest BCUT2D eigenvalue weighted by molar-refractivity contribution is -0.146. The van der Waals surface area contributed by atoms with E-state index >= 15 is 0 Å². The summed E-state index contributed by atoms with van der Waals surface area (Å²) in [5.74, 6) is -7.39. The molecule has 2 amide bonds. The Morgan fingerprint density at radius 3 is 2.22 bits per heavy atom. The highest BCUT2D eigenvalue weighted by Crippen LogP contribution is 2.45. The van der Waals surface area contributed by atoms with Crippen molar-refractivity contribution in [2.24, 2.45) is 0 Å². The van der Waals surface area contributed by atoms with Crippen LogP contribution >= 0.6 is 11.6 Å². The first-order valence-corrected chi connectivity index (χ1v) is 9.78. The Labute approximate surface area is 200 Å². The topological polar surface area (TPSA) is 103 Å². The number of pyridine rings is 1. The number of carbonyl (C=O) groups excluding carboxylic acids is 2. The molecule has 3 rings (SSSR count). The minimum absolute atomic E-state index is 0.0672. The molecule has 2 heterocycles. The van der Waals surface area contributed by atoms with Crippen molar-refractivity contribution in [1.29, 1.82) is 0 Å². The average molecular weight is 550 g/mol. The fraction of sp³-hybridized carbons (Fsp3) is 0.316. The number of halogens is 9. The lowest BCUT2D eigenvalue weighted by Gasteiger charge is -2.25. The second-order valence-corrected chi connectivity index (χ2v) is 7.72. The van der Waals surface area contributed by atoms with Gasteiger partial charge in [-0.2, -0.15) is 26.3 Å². The van der Waals surface area contributed by atoms with Crippen LogP contribution in [0.3, 0.4) is 0 Å². The van der Waals surface area contributed by atoms with Gasteiger partial charge < -0.3 is 14.9 Å². The van der Waals surface area contributed by atoms with Crippen LogP contribution in [-0.2, 0) is 17.1 Å². The number of alkyl halides is 6. The maximum absolute atomic E-state index is 14.1. The number of amides is 2. The molecule has 0 spiro atoms. The van der Waals surface area contributed by atoms with E-state index in [0.717, 1.165) is 7.05 Å². The molecule has 1 saturated heterocycles. The number of ether oxygens (including phenoxy) is 1. The van der Waals surface area contributed by atoms with E-state index in [1.807, 2.05) is 0 Å². The fourth-order valence-corrected chi connectivity index (χ4v) is 3.23. The second kappa shape index (κ2) is 9.33. The number of carbonyl (C=O) groups is 2. The molecular weight excluding hydrogens is 538 g/mol. The van der Waals surface area contributed by atoms with Gasteiger partial charge in [-0.15, -0.1) is 0 Å². The van der Waals surface area contributed by atoms with Gasteiger partial charge in [-0.05, 0) is 12.1 Å². The largest absolute Gasteiger partial charge is 0.433 e. The summed E-state index contributed by atoms with van der Waals surface area (Å²) in [6, 6.07) is 0.342. The normalized spacial score (nSPS) is 18.6. The number of aromatic nitrogens is 1. The molecular formula is C19H12ClF8N3O5. The van der Waals surface area contributed by atoms with Gasteiger partial charge >= 0.3 is 18.4 Å². The van der Waals surface area contributed by atoms with Gasteiger partial charge in [0.2, 0.25) is 0 Å². The van der Waals surface area contributed by atoms with Crippen molar-refractivity contribution < 1.29 is 59.7 Å². The summed E-state index contributed by atoms with van der Waals surface area (Å²) in [5, 5.41) is 18.6. The third kappa shape index (κ3) is 5.15. The standard InChI is InChI=1S/C19H12ClF8N3O5/c1-30(10-3-7(20)8(21)4-9(10)22)17(35)36-14-6(18(23,24)25)2-12(19(26,27)28)29-15(14)31-5-11(32)13(33)16(31)34/h2-4,11,13,32-33H,5H2,1H3. The summed E-state index contributed by atoms with van der Waals surface area (Å²) in [5.41, 5.74) is -5.13. The third-order valence-corrected chi connectivity index (χ3v) is 5.16. The van der Waals surface area contributed by atoms with Gasteiger partial charge in [0.05, 0.1) is 17.3 Å².